The molecule has 0 atom stereocenters. The normalized spacial score (nSPS) is 13.7. The quantitative estimate of drug-likeness (QED) is 0.174. The van der Waals surface area contributed by atoms with Crippen LogP contribution in [0.1, 0.15) is 9.60 Å². The van der Waals surface area contributed by atoms with Crippen molar-refractivity contribution < 1.29 is 9.60 Å². The minimum Gasteiger partial charge on any atom is -0.309 e. The van der Waals surface area contributed by atoms with E-state index in [-0.39, 0.29) is 39.9 Å². The molecule has 1 aliphatic rings. The molecule has 1 aliphatic heterocycles. The Morgan fingerprint density at radius 1 is 0.403 bits per heavy atom. The van der Waals surface area contributed by atoms with Gasteiger partial charge >= 0.3 is 0 Å². The minimum atomic E-state index is -0.537. The lowest BCUT2D eigenvalue weighted by Gasteiger charge is -2.34. The molecule has 0 N–H and O–H groups in total. The summed E-state index contributed by atoms with van der Waals surface area (Å²) < 4.78 is 64.4. The largest absolute Gasteiger partial charge is 0.309 e. The predicted molar refractivity (Wildman–Crippen MR) is 257 cm³/mol. The van der Waals surface area contributed by atoms with E-state index in [9.17, 15) is 2.74 Å². The highest BCUT2D eigenvalue weighted by Gasteiger charge is 2.28. The van der Waals surface area contributed by atoms with Crippen molar-refractivity contribution in [1.82, 2.24) is 19.5 Å². The van der Waals surface area contributed by atoms with E-state index in [0.717, 1.165) is 77.2 Å². The smallest absolute Gasteiger partial charge is 0.164 e. The maximum atomic E-state index is 9.50. The van der Waals surface area contributed by atoms with Gasteiger partial charge in [0.25, 0.3) is 0 Å². The second kappa shape index (κ2) is 13.6. The molecule has 5 heteroatoms. The highest BCUT2D eigenvalue weighted by molar-refractivity contribution is 6.19. The van der Waals surface area contributed by atoms with Crippen molar-refractivity contribution in [3.8, 4) is 51.0 Å². The summed E-state index contributed by atoms with van der Waals surface area (Å²) in [7, 11) is 0. The van der Waals surface area contributed by atoms with Crippen molar-refractivity contribution >= 4 is 71.2 Å². The van der Waals surface area contributed by atoms with Gasteiger partial charge in [0.15, 0.2) is 17.5 Å². The van der Waals surface area contributed by atoms with E-state index in [1.54, 1.807) is 0 Å². The van der Waals surface area contributed by atoms with Crippen LogP contribution < -0.4 is 4.90 Å². The van der Waals surface area contributed by atoms with Crippen LogP contribution in [-0.4, -0.2) is 19.5 Å². The maximum absolute atomic E-state index is 9.50. The fourth-order valence-corrected chi connectivity index (χ4v) is 9.24. The second-order valence-electron chi connectivity index (χ2n) is 15.5. The lowest BCUT2D eigenvalue weighted by Crippen LogP contribution is -2.15. The second-order valence-corrected chi connectivity index (χ2v) is 15.5. The van der Waals surface area contributed by atoms with Crippen LogP contribution in [-0.2, 0) is 0 Å². The fraction of sp³-hybridized carbons (Fsp3) is 0. The van der Waals surface area contributed by atoms with E-state index in [1.807, 2.05) is 66.7 Å². The molecule has 0 bridgehead atoms. The van der Waals surface area contributed by atoms with Crippen molar-refractivity contribution in [3.63, 3.8) is 0 Å². The molecule has 0 fully saturated rings. The zero-order valence-corrected chi connectivity index (χ0v) is 32.9. The lowest BCUT2D eigenvalue weighted by atomic mass is 9.87. The van der Waals surface area contributed by atoms with Crippen LogP contribution in [0.2, 0.25) is 0 Å². The Balaban J connectivity index is 1.06. The van der Waals surface area contributed by atoms with Crippen LogP contribution >= 0.6 is 0 Å². The first-order valence-electron chi connectivity index (χ1n) is 24.0. The first-order chi connectivity index (χ1) is 33.7. The Hall–Kier alpha value is -8.41. The van der Waals surface area contributed by atoms with Crippen LogP contribution in [0, 0.1) is 0 Å². The number of aromatic nitrogens is 4. The Morgan fingerprint density at radius 2 is 1.08 bits per heavy atom. The van der Waals surface area contributed by atoms with Crippen molar-refractivity contribution in [2.24, 2.45) is 0 Å². The molecule has 12 aromatic rings. The zero-order chi connectivity index (χ0) is 46.8. The third kappa shape index (κ3) is 5.32. The van der Waals surface area contributed by atoms with Gasteiger partial charge in [-0.1, -0.05) is 145 Å². The molecule has 10 aromatic carbocycles. The van der Waals surface area contributed by atoms with Gasteiger partial charge in [-0.2, -0.15) is 0 Å². The van der Waals surface area contributed by atoms with Gasteiger partial charge in [0.05, 0.1) is 32.0 Å². The van der Waals surface area contributed by atoms with Crippen LogP contribution in [0.4, 0.5) is 17.1 Å². The van der Waals surface area contributed by atoms with E-state index < -0.39 is 36.3 Å². The number of para-hydroxylation sites is 2. The molecular formula is C57H35N5. The Kier molecular flexibility index (Phi) is 6.15. The van der Waals surface area contributed by atoms with Crippen molar-refractivity contribution in [2.75, 3.05) is 4.90 Å². The van der Waals surface area contributed by atoms with Crippen LogP contribution in [0.5, 0.6) is 0 Å². The van der Waals surface area contributed by atoms with Gasteiger partial charge in [-0.05, 0) is 99.2 Å². The molecule has 0 spiro atoms. The summed E-state index contributed by atoms with van der Waals surface area (Å²) in [6.45, 7) is 0. The summed E-state index contributed by atoms with van der Waals surface area (Å²) in [6, 6.07) is 54.6. The minimum absolute atomic E-state index is 0.0708. The van der Waals surface area contributed by atoms with E-state index >= 15 is 0 Å². The van der Waals surface area contributed by atoms with Gasteiger partial charge in [0.2, 0.25) is 0 Å². The summed E-state index contributed by atoms with van der Waals surface area (Å²) in [6.07, 6.45) is 0. The van der Waals surface area contributed by atoms with Crippen molar-refractivity contribution in [3.05, 3.63) is 212 Å². The fourth-order valence-electron chi connectivity index (χ4n) is 9.24. The SMILES string of the molecule is [2H]c1c([2H])c([2H])c2c([2H])c(-c3nc(-c4cccc(N5c6ccc7ccccc7c6-c6cccc7cccc5c67)c4)nc(-c4ccc5c(c4)c4ccccc4n5-c4ccccc4)n3)c([2H])c([2H])c2c1[2H]. The molecule has 288 valence electrons. The Morgan fingerprint density at radius 3 is 1.95 bits per heavy atom. The van der Waals surface area contributed by atoms with Gasteiger partial charge < -0.3 is 9.47 Å². The average molecular weight is 797 g/mol. The molecule has 0 aliphatic carbocycles. The van der Waals surface area contributed by atoms with Crippen LogP contribution in [0.15, 0.2) is 212 Å². The molecule has 0 saturated heterocycles. The molecule has 3 heterocycles. The van der Waals surface area contributed by atoms with Crippen molar-refractivity contribution in [1.29, 1.82) is 0 Å². The van der Waals surface area contributed by atoms with E-state index in [1.165, 1.54) is 0 Å². The molecule has 62 heavy (non-hydrogen) atoms. The topological polar surface area (TPSA) is 46.8 Å². The van der Waals surface area contributed by atoms with Crippen molar-refractivity contribution in [2.45, 2.75) is 0 Å². The number of fused-ring (bicyclic) bond motifs is 8. The van der Waals surface area contributed by atoms with E-state index in [2.05, 4.69) is 113 Å². The number of rotatable bonds is 5. The Labute approximate surface area is 367 Å². The summed E-state index contributed by atoms with van der Waals surface area (Å²) in [5, 5.41) is 6.13. The number of hydrogen-bond donors (Lipinski definition) is 0. The lowest BCUT2D eigenvalue weighted by molar-refractivity contribution is 1.07. The first-order valence-corrected chi connectivity index (χ1v) is 20.5. The predicted octanol–water partition coefficient (Wildman–Crippen LogP) is 14.9. The summed E-state index contributed by atoms with van der Waals surface area (Å²) in [5.41, 5.74) is 9.31. The molecule has 2 aromatic heterocycles. The standard InChI is InChI=1S/C57H35N5/c1-2-19-43(20-3-1)61-49-25-9-8-23-46(49)48-35-42(30-31-50(48)61)57-59-55(58-56(60-57)41-28-27-36-13-4-5-15-39(36)33-41)40-18-10-21-44(34-40)62-51-26-12-17-38-16-11-24-47(53(38)51)54-45-22-7-6-14-37(45)29-32-52(54)62/h1-35H/i4D,5D,13D,15D,27D,28D,33D. The molecular weight excluding hydrogens is 755 g/mol. The zero-order valence-electron chi connectivity index (χ0n) is 39.9. The third-order valence-electron chi connectivity index (χ3n) is 12.0. The van der Waals surface area contributed by atoms with E-state index in [0.29, 0.717) is 11.1 Å². The molecule has 0 saturated carbocycles. The number of hydrogen-bond acceptors (Lipinski definition) is 4. The summed E-state index contributed by atoms with van der Waals surface area (Å²) in [5.74, 6) is 0.435. The Bertz CT molecular complexity index is 4190. The maximum Gasteiger partial charge on any atom is 0.164 e. The summed E-state index contributed by atoms with van der Waals surface area (Å²) in [4.78, 5) is 17.4. The first kappa shape index (κ1) is 28.1. The highest BCUT2D eigenvalue weighted by atomic mass is 15.2. The van der Waals surface area contributed by atoms with Crippen LogP contribution in [0.25, 0.3) is 105 Å². The highest BCUT2D eigenvalue weighted by Crippen LogP contribution is 2.53. The molecule has 0 amide bonds. The number of nitrogens with zero attached hydrogens (tertiary/aromatic N) is 5. The third-order valence-corrected chi connectivity index (χ3v) is 12.0. The number of benzene rings is 10. The summed E-state index contributed by atoms with van der Waals surface area (Å²) >= 11 is 0. The van der Waals surface area contributed by atoms with Gasteiger partial charge in [0, 0.05) is 49.8 Å². The van der Waals surface area contributed by atoms with Crippen LogP contribution in [0.3, 0.4) is 0 Å². The molecule has 0 unspecified atom stereocenters. The molecule has 13 rings (SSSR count). The van der Waals surface area contributed by atoms with Gasteiger partial charge in [-0.3, -0.25) is 0 Å². The monoisotopic (exact) mass is 796 g/mol. The van der Waals surface area contributed by atoms with Gasteiger partial charge in [-0.15, -0.1) is 0 Å². The molecule has 0 radical (unpaired) electrons. The molecule has 5 nitrogen and oxygen atoms in total. The number of anilines is 3. The average Bonchev–Trinajstić information content (AvgIpc) is 3.72. The van der Waals surface area contributed by atoms with Gasteiger partial charge in [-0.25, -0.2) is 15.0 Å². The van der Waals surface area contributed by atoms with E-state index in [4.69, 9.17) is 21.8 Å². The van der Waals surface area contributed by atoms with Gasteiger partial charge in [0.1, 0.15) is 0 Å².